The van der Waals surface area contributed by atoms with E-state index in [0.717, 1.165) is 44.2 Å². The number of amidine groups is 1. The third-order valence-corrected chi connectivity index (χ3v) is 7.02. The van der Waals surface area contributed by atoms with Crippen molar-refractivity contribution in [2.45, 2.75) is 70.4 Å². The normalized spacial score (nSPS) is 33.1. The van der Waals surface area contributed by atoms with E-state index in [4.69, 9.17) is 11.5 Å². The van der Waals surface area contributed by atoms with Gasteiger partial charge in [-0.25, -0.2) is 0 Å². The number of rotatable bonds is 5. The van der Waals surface area contributed by atoms with Crippen LogP contribution in [0, 0.1) is 40.5 Å². The number of nitrogens with zero attached hydrogens (tertiary/aromatic N) is 2. The average Bonchev–Trinajstić information content (AvgIpc) is 2.67. The molecule has 1 N–H and O–H groups in total. The van der Waals surface area contributed by atoms with Crippen molar-refractivity contribution in [2.24, 2.45) is 23.6 Å². The lowest BCUT2D eigenvalue weighted by molar-refractivity contribution is -0.137. The van der Waals surface area contributed by atoms with Crippen LogP contribution in [-0.4, -0.2) is 22.4 Å². The van der Waals surface area contributed by atoms with E-state index in [1.54, 1.807) is 13.8 Å². The molecular weight excluding hydrogens is 391 g/mol. The lowest BCUT2D eigenvalue weighted by Crippen LogP contribution is -2.59. The SMILES string of the molecule is [2H]C12CC3CC(C1)C(N(C#N)C(=N)C(C)(C)OCc1ccc(C(F)(F)F)cc1)C(C3)C2. The summed E-state index contributed by atoms with van der Waals surface area (Å²) in [5.41, 5.74) is -1.22. The lowest BCUT2D eigenvalue weighted by Gasteiger charge is -2.56. The first-order valence-corrected chi connectivity index (χ1v) is 10.5. The van der Waals surface area contributed by atoms with E-state index in [-0.39, 0.29) is 36.2 Å². The van der Waals surface area contributed by atoms with Gasteiger partial charge in [0.2, 0.25) is 0 Å². The third kappa shape index (κ3) is 3.94. The zero-order valence-corrected chi connectivity index (χ0v) is 17.3. The van der Waals surface area contributed by atoms with Crippen LogP contribution < -0.4 is 0 Å². The molecule has 4 saturated carbocycles. The fourth-order valence-corrected chi connectivity index (χ4v) is 5.69. The number of halogens is 3. The molecular formula is C23H28F3N3O. The molecule has 7 heteroatoms. The molecule has 30 heavy (non-hydrogen) atoms. The van der Waals surface area contributed by atoms with Crippen LogP contribution in [0.25, 0.3) is 0 Å². The second-order valence-corrected chi connectivity index (χ2v) is 9.52. The Kier molecular flexibility index (Phi) is 5.01. The van der Waals surface area contributed by atoms with Crippen molar-refractivity contribution in [1.82, 2.24) is 4.90 Å². The summed E-state index contributed by atoms with van der Waals surface area (Å²) in [7, 11) is 0. The molecule has 0 spiro atoms. The first kappa shape index (κ1) is 19.9. The number of nitriles is 1. The number of nitrogens with one attached hydrogen (secondary N) is 1. The quantitative estimate of drug-likeness (QED) is 0.293. The summed E-state index contributed by atoms with van der Waals surface area (Å²) < 4.78 is 52.8. The monoisotopic (exact) mass is 420 g/mol. The highest BCUT2D eigenvalue weighted by molar-refractivity contribution is 5.88. The van der Waals surface area contributed by atoms with Crippen molar-refractivity contribution in [3.63, 3.8) is 0 Å². The summed E-state index contributed by atoms with van der Waals surface area (Å²) in [6.07, 6.45) is 2.37. The van der Waals surface area contributed by atoms with Crippen LogP contribution in [0.4, 0.5) is 13.2 Å². The van der Waals surface area contributed by atoms with Crippen molar-refractivity contribution in [2.75, 3.05) is 0 Å². The van der Waals surface area contributed by atoms with Crippen LogP contribution in [0.5, 0.6) is 0 Å². The molecule has 0 aliphatic heterocycles. The van der Waals surface area contributed by atoms with Gasteiger partial charge in [0, 0.05) is 1.37 Å². The molecule has 5 rings (SSSR count). The molecule has 4 aliphatic rings. The van der Waals surface area contributed by atoms with Crippen LogP contribution in [0.3, 0.4) is 0 Å². The molecule has 4 bridgehead atoms. The van der Waals surface area contributed by atoms with E-state index in [2.05, 4.69) is 6.19 Å². The van der Waals surface area contributed by atoms with Crippen LogP contribution >= 0.6 is 0 Å². The minimum atomic E-state index is -4.38. The maximum atomic E-state index is 12.7. The van der Waals surface area contributed by atoms with E-state index in [9.17, 15) is 18.4 Å². The fraction of sp³-hybridized carbons (Fsp3) is 0.652. The number of alkyl halides is 3. The van der Waals surface area contributed by atoms with Crippen molar-refractivity contribution < 1.29 is 19.3 Å². The number of hydrogen-bond donors (Lipinski definition) is 1. The topological polar surface area (TPSA) is 60.1 Å². The summed E-state index contributed by atoms with van der Waals surface area (Å²) >= 11 is 0. The smallest absolute Gasteiger partial charge is 0.363 e. The van der Waals surface area contributed by atoms with Gasteiger partial charge in [0.25, 0.3) is 0 Å². The molecule has 2 atom stereocenters. The summed E-state index contributed by atoms with van der Waals surface area (Å²) in [6, 6.07) is 4.71. The second-order valence-electron chi connectivity index (χ2n) is 9.52. The third-order valence-electron chi connectivity index (χ3n) is 7.02. The molecule has 4 nitrogen and oxygen atoms in total. The van der Waals surface area contributed by atoms with E-state index in [1.807, 2.05) is 0 Å². The Morgan fingerprint density at radius 2 is 1.77 bits per heavy atom. The molecule has 4 aliphatic carbocycles. The highest BCUT2D eigenvalue weighted by Crippen LogP contribution is 2.55. The van der Waals surface area contributed by atoms with Crippen LogP contribution in [0.2, 0.25) is 0 Å². The summed E-state index contributed by atoms with van der Waals surface area (Å²) in [4.78, 5) is 1.49. The lowest BCUT2D eigenvalue weighted by atomic mass is 9.54. The van der Waals surface area contributed by atoms with E-state index in [0.29, 0.717) is 11.5 Å². The second kappa shape index (κ2) is 7.56. The summed E-state index contributed by atoms with van der Waals surface area (Å²) in [5.74, 6) is 0.748. The number of benzene rings is 1. The van der Waals surface area contributed by atoms with E-state index >= 15 is 0 Å². The number of ether oxygens (including phenoxy) is 1. The summed E-state index contributed by atoms with van der Waals surface area (Å²) in [5, 5.41) is 18.7. The zero-order chi connectivity index (χ0) is 22.6. The van der Waals surface area contributed by atoms with Gasteiger partial charge in [-0.1, -0.05) is 12.1 Å². The number of hydrogen-bond acceptors (Lipinski definition) is 3. The molecule has 1 aromatic carbocycles. The minimum Gasteiger partial charge on any atom is -0.363 e. The average molecular weight is 420 g/mol. The fourth-order valence-electron chi connectivity index (χ4n) is 5.69. The molecule has 0 aromatic heterocycles. The Morgan fingerprint density at radius 1 is 1.17 bits per heavy atom. The maximum absolute atomic E-state index is 12.7. The molecule has 0 saturated heterocycles. The predicted octanol–water partition coefficient (Wildman–Crippen LogP) is 5.59. The molecule has 1 aromatic rings. The van der Waals surface area contributed by atoms with Crippen molar-refractivity contribution in [1.29, 1.82) is 10.7 Å². The van der Waals surface area contributed by atoms with Gasteiger partial charge >= 0.3 is 6.18 Å². The van der Waals surface area contributed by atoms with Crippen LogP contribution in [0.1, 0.15) is 58.4 Å². The van der Waals surface area contributed by atoms with Gasteiger partial charge in [-0.15, -0.1) is 0 Å². The van der Waals surface area contributed by atoms with Gasteiger partial charge in [0.1, 0.15) is 11.4 Å². The Balaban J connectivity index is 1.44. The van der Waals surface area contributed by atoms with Gasteiger partial charge in [0.05, 0.1) is 18.2 Å². The Hall–Kier alpha value is -2.07. The van der Waals surface area contributed by atoms with Crippen molar-refractivity contribution in [3.05, 3.63) is 35.4 Å². The first-order chi connectivity index (χ1) is 14.4. The summed E-state index contributed by atoms with van der Waals surface area (Å²) in [6.45, 7) is 3.47. The predicted molar refractivity (Wildman–Crippen MR) is 106 cm³/mol. The zero-order valence-electron chi connectivity index (χ0n) is 18.3. The molecule has 0 heterocycles. The van der Waals surface area contributed by atoms with E-state index in [1.165, 1.54) is 17.0 Å². The Labute approximate surface area is 176 Å². The standard InChI is InChI=1S/C23H28F3N3O/c1-22(2,30-12-14-3-5-19(6-4-14)23(24,25)26)21(28)29(13-27)20-17-8-15-7-16(10-17)11-18(20)9-15/h3-6,15-18,20,28H,7-12H2,1-2H3/i15D. The highest BCUT2D eigenvalue weighted by Gasteiger charge is 2.52. The minimum absolute atomic E-state index is 0.0439. The van der Waals surface area contributed by atoms with Gasteiger partial charge in [-0.2, -0.15) is 18.4 Å². The molecule has 0 radical (unpaired) electrons. The molecule has 4 fully saturated rings. The first-order valence-electron chi connectivity index (χ1n) is 11.0. The molecule has 2 unspecified atom stereocenters. The van der Waals surface area contributed by atoms with E-state index < -0.39 is 17.3 Å². The Morgan fingerprint density at radius 3 is 2.27 bits per heavy atom. The van der Waals surface area contributed by atoms with Crippen LogP contribution in [-0.2, 0) is 17.5 Å². The maximum Gasteiger partial charge on any atom is 0.416 e. The van der Waals surface area contributed by atoms with Gasteiger partial charge < -0.3 is 4.74 Å². The van der Waals surface area contributed by atoms with Gasteiger partial charge in [0.15, 0.2) is 6.19 Å². The largest absolute Gasteiger partial charge is 0.416 e. The van der Waals surface area contributed by atoms with Gasteiger partial charge in [-0.3, -0.25) is 10.3 Å². The van der Waals surface area contributed by atoms with Gasteiger partial charge in [-0.05, 0) is 87.3 Å². The highest BCUT2D eigenvalue weighted by atomic mass is 19.4. The Bertz CT molecular complexity index is 877. The van der Waals surface area contributed by atoms with Crippen molar-refractivity contribution >= 4 is 5.84 Å². The van der Waals surface area contributed by atoms with Crippen molar-refractivity contribution in [3.8, 4) is 6.19 Å². The molecule has 162 valence electrons. The molecule has 0 amide bonds. The van der Waals surface area contributed by atoms with Crippen LogP contribution in [0.15, 0.2) is 24.3 Å².